The van der Waals surface area contributed by atoms with Gasteiger partial charge in [-0.05, 0) is 39.5 Å². The van der Waals surface area contributed by atoms with Gasteiger partial charge in [-0.15, -0.1) is 11.3 Å². The molecule has 0 saturated carbocycles. The molecule has 0 bridgehead atoms. The molecular weight excluding hydrogens is 280 g/mol. The number of aromatic nitrogens is 1. The van der Waals surface area contributed by atoms with E-state index in [0.29, 0.717) is 6.04 Å². The maximum Gasteiger partial charge on any atom is 0.191 e. The fourth-order valence-corrected chi connectivity index (χ4v) is 2.77. The first-order valence-corrected chi connectivity index (χ1v) is 8.79. The molecule has 21 heavy (non-hydrogen) atoms. The molecule has 0 aliphatic carbocycles. The minimum absolute atomic E-state index is 0.451. The Labute approximate surface area is 133 Å². The Kier molecular flexibility index (Phi) is 8.35. The second-order valence-corrected chi connectivity index (χ2v) is 7.21. The summed E-state index contributed by atoms with van der Waals surface area (Å²) in [6.07, 6.45) is 5.26. The molecular formula is C16H30N4S. The molecule has 1 aromatic rings. The zero-order chi connectivity index (χ0) is 15.7. The van der Waals surface area contributed by atoms with Crippen molar-refractivity contribution in [3.05, 3.63) is 16.1 Å². The maximum absolute atomic E-state index is 4.65. The maximum atomic E-state index is 4.65. The van der Waals surface area contributed by atoms with E-state index < -0.39 is 0 Å². The van der Waals surface area contributed by atoms with Gasteiger partial charge in [-0.25, -0.2) is 4.98 Å². The number of guanidine groups is 1. The molecule has 4 nitrogen and oxygen atoms in total. The lowest BCUT2D eigenvalue weighted by atomic mass is 10.0. The number of hydrogen-bond acceptors (Lipinski definition) is 3. The lowest BCUT2D eigenvalue weighted by Gasteiger charge is -2.18. The lowest BCUT2D eigenvalue weighted by molar-refractivity contribution is 0.489. The van der Waals surface area contributed by atoms with Gasteiger partial charge in [0.1, 0.15) is 0 Å². The molecule has 5 heteroatoms. The van der Waals surface area contributed by atoms with Gasteiger partial charge in [0, 0.05) is 36.6 Å². The van der Waals surface area contributed by atoms with Crippen molar-refractivity contribution in [1.82, 2.24) is 15.6 Å². The zero-order valence-corrected chi connectivity index (χ0v) is 14.9. The predicted octanol–water partition coefficient (Wildman–Crippen LogP) is 3.37. The highest BCUT2D eigenvalue weighted by Gasteiger charge is 2.06. The summed E-state index contributed by atoms with van der Waals surface area (Å²) in [6.45, 7) is 12.6. The van der Waals surface area contributed by atoms with Crippen molar-refractivity contribution in [2.75, 3.05) is 13.1 Å². The Morgan fingerprint density at radius 1 is 1.33 bits per heavy atom. The average Bonchev–Trinajstić information content (AvgIpc) is 2.82. The molecule has 0 amide bonds. The molecule has 0 aromatic carbocycles. The molecule has 0 fully saturated rings. The van der Waals surface area contributed by atoms with Gasteiger partial charge in [-0.3, -0.25) is 4.99 Å². The molecule has 0 aliphatic rings. The quantitative estimate of drug-likeness (QED) is 0.572. The fourth-order valence-electron chi connectivity index (χ4n) is 1.99. The standard InChI is InChI=1S/C16H30N4S/c1-6-17-16(20-13(4)8-7-12(2)3)18-10-9-15-19-11-14(5)21-15/h11-13H,6-10H2,1-5H3,(H2,17,18,20). The molecule has 1 rings (SSSR count). The third kappa shape index (κ3) is 8.05. The van der Waals surface area contributed by atoms with Gasteiger partial charge in [0.25, 0.3) is 0 Å². The van der Waals surface area contributed by atoms with E-state index >= 15 is 0 Å². The van der Waals surface area contributed by atoms with Gasteiger partial charge < -0.3 is 10.6 Å². The second kappa shape index (κ2) is 9.77. The van der Waals surface area contributed by atoms with Gasteiger partial charge in [0.05, 0.1) is 5.01 Å². The molecule has 0 saturated heterocycles. The minimum Gasteiger partial charge on any atom is -0.357 e. The number of aliphatic imine (C=N–C) groups is 1. The third-order valence-corrected chi connectivity index (χ3v) is 4.14. The van der Waals surface area contributed by atoms with E-state index in [1.54, 1.807) is 11.3 Å². The summed E-state index contributed by atoms with van der Waals surface area (Å²) in [5, 5.41) is 7.97. The average molecular weight is 311 g/mol. The van der Waals surface area contributed by atoms with Crippen LogP contribution in [0.25, 0.3) is 0 Å². The number of nitrogens with zero attached hydrogens (tertiary/aromatic N) is 2. The molecule has 0 radical (unpaired) electrons. The Balaban J connectivity index is 2.41. The van der Waals surface area contributed by atoms with Gasteiger partial charge in [0.2, 0.25) is 0 Å². The van der Waals surface area contributed by atoms with Crippen LogP contribution >= 0.6 is 11.3 Å². The van der Waals surface area contributed by atoms with E-state index in [1.165, 1.54) is 22.7 Å². The number of nitrogens with one attached hydrogen (secondary N) is 2. The first-order chi connectivity index (χ1) is 10.0. The van der Waals surface area contributed by atoms with Crippen LogP contribution in [0.15, 0.2) is 11.2 Å². The SMILES string of the molecule is CCNC(=NCCc1ncc(C)s1)NC(C)CCC(C)C. The van der Waals surface area contributed by atoms with E-state index in [1.807, 2.05) is 6.20 Å². The Morgan fingerprint density at radius 2 is 2.10 bits per heavy atom. The molecule has 0 aliphatic heterocycles. The molecule has 1 unspecified atom stereocenters. The van der Waals surface area contributed by atoms with Crippen molar-refractivity contribution >= 4 is 17.3 Å². The van der Waals surface area contributed by atoms with Crippen molar-refractivity contribution in [3.8, 4) is 0 Å². The smallest absolute Gasteiger partial charge is 0.191 e. The van der Waals surface area contributed by atoms with Crippen molar-refractivity contribution in [1.29, 1.82) is 0 Å². The highest BCUT2D eigenvalue weighted by molar-refractivity contribution is 7.11. The molecule has 2 N–H and O–H groups in total. The van der Waals surface area contributed by atoms with Crippen LogP contribution in [0, 0.1) is 12.8 Å². The molecule has 1 aromatic heterocycles. The highest BCUT2D eigenvalue weighted by Crippen LogP contribution is 2.11. The Morgan fingerprint density at radius 3 is 2.67 bits per heavy atom. The summed E-state index contributed by atoms with van der Waals surface area (Å²) in [5.41, 5.74) is 0. The van der Waals surface area contributed by atoms with Crippen molar-refractivity contribution in [3.63, 3.8) is 0 Å². The van der Waals surface area contributed by atoms with Gasteiger partial charge in [-0.1, -0.05) is 13.8 Å². The van der Waals surface area contributed by atoms with Crippen LogP contribution in [0.5, 0.6) is 0 Å². The number of hydrogen-bond donors (Lipinski definition) is 2. The van der Waals surface area contributed by atoms with Crippen LogP contribution in [0.1, 0.15) is 50.4 Å². The Hall–Kier alpha value is -1.10. The monoisotopic (exact) mass is 310 g/mol. The van der Waals surface area contributed by atoms with Crippen LogP contribution in [-0.4, -0.2) is 30.1 Å². The molecule has 0 spiro atoms. The molecule has 120 valence electrons. The third-order valence-electron chi connectivity index (χ3n) is 3.17. The minimum atomic E-state index is 0.451. The zero-order valence-electron chi connectivity index (χ0n) is 14.1. The second-order valence-electron chi connectivity index (χ2n) is 5.89. The van der Waals surface area contributed by atoms with E-state index in [2.05, 4.69) is 55.2 Å². The summed E-state index contributed by atoms with van der Waals surface area (Å²) < 4.78 is 0. The first kappa shape index (κ1) is 18.0. The number of thiazole rings is 1. The van der Waals surface area contributed by atoms with Gasteiger partial charge in [0.15, 0.2) is 5.96 Å². The van der Waals surface area contributed by atoms with E-state index in [0.717, 1.165) is 31.4 Å². The predicted molar refractivity (Wildman–Crippen MR) is 93.2 cm³/mol. The summed E-state index contributed by atoms with van der Waals surface area (Å²) in [6, 6.07) is 0.451. The van der Waals surface area contributed by atoms with Crippen LogP contribution in [0.3, 0.4) is 0 Å². The summed E-state index contributed by atoms with van der Waals surface area (Å²) in [7, 11) is 0. The van der Waals surface area contributed by atoms with Crippen LogP contribution in [0.4, 0.5) is 0 Å². The molecule has 1 atom stereocenters. The lowest BCUT2D eigenvalue weighted by Crippen LogP contribution is -2.42. The van der Waals surface area contributed by atoms with Gasteiger partial charge in [-0.2, -0.15) is 0 Å². The topological polar surface area (TPSA) is 49.3 Å². The largest absolute Gasteiger partial charge is 0.357 e. The van der Waals surface area contributed by atoms with Crippen LogP contribution in [-0.2, 0) is 6.42 Å². The van der Waals surface area contributed by atoms with Crippen molar-refractivity contribution in [2.45, 2.75) is 59.9 Å². The highest BCUT2D eigenvalue weighted by atomic mass is 32.1. The fraction of sp³-hybridized carbons (Fsp3) is 0.750. The van der Waals surface area contributed by atoms with Crippen molar-refractivity contribution in [2.24, 2.45) is 10.9 Å². The van der Waals surface area contributed by atoms with Gasteiger partial charge >= 0.3 is 0 Å². The van der Waals surface area contributed by atoms with E-state index in [9.17, 15) is 0 Å². The van der Waals surface area contributed by atoms with E-state index in [4.69, 9.17) is 0 Å². The normalized spacial score (nSPS) is 13.5. The first-order valence-electron chi connectivity index (χ1n) is 7.97. The van der Waals surface area contributed by atoms with E-state index in [-0.39, 0.29) is 0 Å². The summed E-state index contributed by atoms with van der Waals surface area (Å²) in [5.74, 6) is 1.67. The molecule has 1 heterocycles. The summed E-state index contributed by atoms with van der Waals surface area (Å²) >= 11 is 1.76. The Bertz CT molecular complexity index is 426. The van der Waals surface area contributed by atoms with Crippen molar-refractivity contribution < 1.29 is 0 Å². The van der Waals surface area contributed by atoms with Crippen LogP contribution in [0.2, 0.25) is 0 Å². The summed E-state index contributed by atoms with van der Waals surface area (Å²) in [4.78, 5) is 10.3. The number of aryl methyl sites for hydroxylation is 1. The van der Waals surface area contributed by atoms with Crippen LogP contribution < -0.4 is 10.6 Å². The number of rotatable bonds is 8.